The summed E-state index contributed by atoms with van der Waals surface area (Å²) in [6, 6.07) is 0. The summed E-state index contributed by atoms with van der Waals surface area (Å²) in [7, 11) is 0. The Kier molecular flexibility index (Phi) is 18.6. The zero-order valence-corrected chi connectivity index (χ0v) is 7.81. The minimum absolute atomic E-state index is 0. The number of aliphatic hydroxyl groups excluding tert-OH is 1. The Balaban J connectivity index is 0. The van der Waals surface area contributed by atoms with Crippen molar-refractivity contribution < 1.29 is 5.11 Å². The fourth-order valence-corrected chi connectivity index (χ4v) is 1.25. The van der Waals surface area contributed by atoms with Gasteiger partial charge >= 0.3 is 29.6 Å². The van der Waals surface area contributed by atoms with Crippen molar-refractivity contribution in [3.8, 4) is 0 Å². The number of aliphatic hydroxyl groups is 1. The maximum atomic E-state index is 8.51. The van der Waals surface area contributed by atoms with Gasteiger partial charge in [-0.3, -0.25) is 0 Å². The molecule has 0 spiro atoms. The van der Waals surface area contributed by atoms with E-state index >= 15 is 0 Å². The molecule has 0 rings (SSSR count). The van der Waals surface area contributed by atoms with Gasteiger partial charge in [-0.1, -0.05) is 51.9 Å². The molecule has 1 N–H and O–H groups in total. The van der Waals surface area contributed by atoms with E-state index in [2.05, 4.69) is 6.92 Å². The topological polar surface area (TPSA) is 20.2 Å². The number of hydrogen-bond acceptors (Lipinski definition) is 1. The van der Waals surface area contributed by atoms with Crippen molar-refractivity contribution in [2.45, 2.75) is 58.3 Å². The molecule has 70 valence electrons. The first-order chi connectivity index (χ1) is 5.41. The molecule has 0 aromatic carbocycles. The van der Waals surface area contributed by atoms with Crippen LogP contribution in [-0.4, -0.2) is 41.3 Å². The van der Waals surface area contributed by atoms with Gasteiger partial charge in [0.05, 0.1) is 0 Å². The Morgan fingerprint density at radius 2 is 1.17 bits per heavy atom. The van der Waals surface area contributed by atoms with E-state index in [9.17, 15) is 0 Å². The van der Waals surface area contributed by atoms with E-state index in [1.807, 2.05) is 0 Å². The van der Waals surface area contributed by atoms with E-state index < -0.39 is 0 Å². The molecule has 0 unspecified atom stereocenters. The molecule has 0 radical (unpaired) electrons. The van der Waals surface area contributed by atoms with Crippen LogP contribution in [0.3, 0.4) is 0 Å². The number of unbranched alkanes of at least 4 members (excludes halogenated alkanes) is 7. The second kappa shape index (κ2) is 14.5. The first kappa shape index (κ1) is 15.4. The molecular formula is C10H23NaO. The Morgan fingerprint density at radius 3 is 1.58 bits per heavy atom. The van der Waals surface area contributed by atoms with Crippen LogP contribution in [0.25, 0.3) is 0 Å². The molecule has 0 saturated heterocycles. The van der Waals surface area contributed by atoms with Gasteiger partial charge in [-0.25, -0.2) is 0 Å². The number of rotatable bonds is 8. The second-order valence-corrected chi connectivity index (χ2v) is 3.20. The Morgan fingerprint density at radius 1 is 0.750 bits per heavy atom. The quantitative estimate of drug-likeness (QED) is 0.451. The SMILES string of the molecule is CCCCCCCCCCO.[NaH]. The summed E-state index contributed by atoms with van der Waals surface area (Å²) in [5.41, 5.74) is 0. The minimum atomic E-state index is 0. The van der Waals surface area contributed by atoms with Crippen LogP contribution in [0.2, 0.25) is 0 Å². The van der Waals surface area contributed by atoms with Crippen LogP contribution in [0.1, 0.15) is 58.3 Å². The van der Waals surface area contributed by atoms with Crippen LogP contribution < -0.4 is 0 Å². The Hall–Kier alpha value is 0.960. The molecule has 2 heteroatoms. The second-order valence-electron chi connectivity index (χ2n) is 3.20. The number of hydrogen-bond donors (Lipinski definition) is 1. The molecule has 0 aliphatic heterocycles. The predicted octanol–water partition coefficient (Wildman–Crippen LogP) is 2.47. The molecule has 1 nitrogen and oxygen atoms in total. The van der Waals surface area contributed by atoms with Crippen molar-refractivity contribution in [1.29, 1.82) is 0 Å². The molecule has 0 fully saturated rings. The van der Waals surface area contributed by atoms with Crippen molar-refractivity contribution in [1.82, 2.24) is 0 Å². The van der Waals surface area contributed by atoms with Gasteiger partial charge in [0.1, 0.15) is 0 Å². The van der Waals surface area contributed by atoms with Crippen molar-refractivity contribution in [2.24, 2.45) is 0 Å². The van der Waals surface area contributed by atoms with E-state index in [0.717, 1.165) is 6.42 Å². The van der Waals surface area contributed by atoms with Crippen molar-refractivity contribution in [3.05, 3.63) is 0 Å². The van der Waals surface area contributed by atoms with E-state index in [0.29, 0.717) is 6.61 Å². The van der Waals surface area contributed by atoms with Gasteiger partial charge < -0.3 is 5.11 Å². The molecule has 0 atom stereocenters. The molecule has 0 aliphatic rings. The standard InChI is InChI=1S/C10H22O.Na.H/c1-2-3-4-5-6-7-8-9-10-11;;/h11H,2-10H2,1H3;;. The van der Waals surface area contributed by atoms with Gasteiger partial charge in [-0.15, -0.1) is 0 Å². The summed E-state index contributed by atoms with van der Waals surface area (Å²) in [5, 5.41) is 8.51. The Bertz CT molecular complexity index is 58.9. The average molecular weight is 182 g/mol. The van der Waals surface area contributed by atoms with E-state index in [-0.39, 0.29) is 29.6 Å². The maximum absolute atomic E-state index is 8.51. The van der Waals surface area contributed by atoms with Crippen molar-refractivity contribution >= 4 is 29.6 Å². The molecule has 0 saturated carbocycles. The first-order valence-electron chi connectivity index (χ1n) is 5.02. The molecule has 0 heterocycles. The van der Waals surface area contributed by atoms with Gasteiger partial charge in [0, 0.05) is 6.61 Å². The predicted molar refractivity (Wildman–Crippen MR) is 56.8 cm³/mol. The summed E-state index contributed by atoms with van der Waals surface area (Å²) in [6.45, 7) is 2.61. The van der Waals surface area contributed by atoms with Crippen LogP contribution in [-0.2, 0) is 0 Å². The van der Waals surface area contributed by atoms with Crippen LogP contribution >= 0.6 is 0 Å². The zero-order valence-electron chi connectivity index (χ0n) is 7.81. The van der Waals surface area contributed by atoms with E-state index in [1.165, 1.54) is 44.9 Å². The molecule has 0 bridgehead atoms. The van der Waals surface area contributed by atoms with Gasteiger partial charge in [0.25, 0.3) is 0 Å². The molecular weight excluding hydrogens is 159 g/mol. The van der Waals surface area contributed by atoms with E-state index in [4.69, 9.17) is 5.11 Å². The van der Waals surface area contributed by atoms with Gasteiger partial charge in [-0.2, -0.15) is 0 Å². The van der Waals surface area contributed by atoms with Crippen LogP contribution in [0.4, 0.5) is 0 Å². The molecule has 12 heavy (non-hydrogen) atoms. The van der Waals surface area contributed by atoms with Crippen molar-refractivity contribution in [2.75, 3.05) is 6.61 Å². The third-order valence-electron chi connectivity index (χ3n) is 2.01. The van der Waals surface area contributed by atoms with Crippen LogP contribution in [0, 0.1) is 0 Å². The summed E-state index contributed by atoms with van der Waals surface area (Å²) >= 11 is 0. The zero-order chi connectivity index (χ0) is 8.36. The van der Waals surface area contributed by atoms with Crippen LogP contribution in [0.15, 0.2) is 0 Å². The van der Waals surface area contributed by atoms with E-state index in [1.54, 1.807) is 0 Å². The van der Waals surface area contributed by atoms with Gasteiger partial charge in [0.15, 0.2) is 0 Å². The third kappa shape index (κ3) is 13.5. The fourth-order valence-electron chi connectivity index (χ4n) is 1.25. The summed E-state index contributed by atoms with van der Waals surface area (Å²) in [5.74, 6) is 0. The van der Waals surface area contributed by atoms with Crippen LogP contribution in [0.5, 0.6) is 0 Å². The molecule has 0 aromatic heterocycles. The molecule has 0 aromatic rings. The summed E-state index contributed by atoms with van der Waals surface area (Å²) in [4.78, 5) is 0. The monoisotopic (exact) mass is 182 g/mol. The molecule has 0 aliphatic carbocycles. The average Bonchev–Trinajstić information content (AvgIpc) is 2.03. The first-order valence-corrected chi connectivity index (χ1v) is 5.02. The van der Waals surface area contributed by atoms with Crippen molar-refractivity contribution in [3.63, 3.8) is 0 Å². The summed E-state index contributed by atoms with van der Waals surface area (Å²) in [6.07, 6.45) is 10.4. The normalized spacial score (nSPS) is 9.50. The third-order valence-corrected chi connectivity index (χ3v) is 2.01. The van der Waals surface area contributed by atoms with Gasteiger partial charge in [0.2, 0.25) is 0 Å². The summed E-state index contributed by atoms with van der Waals surface area (Å²) < 4.78 is 0. The Labute approximate surface area is 99.2 Å². The fraction of sp³-hybridized carbons (Fsp3) is 1.00. The van der Waals surface area contributed by atoms with Gasteiger partial charge in [-0.05, 0) is 6.42 Å². The molecule has 0 amide bonds.